The minimum absolute atomic E-state index is 0.0520. The number of hydrogen-bond acceptors (Lipinski definition) is 4. The Labute approximate surface area is 135 Å². The normalized spacial score (nSPS) is 28.0. The Morgan fingerprint density at radius 1 is 1.09 bits per heavy atom. The molecule has 2 saturated heterocycles. The molecular formula is C17H33N3O2. The summed E-state index contributed by atoms with van der Waals surface area (Å²) >= 11 is 0. The largest absolute Gasteiger partial charge is 0.396 e. The monoisotopic (exact) mass is 311 g/mol. The Morgan fingerprint density at radius 2 is 1.77 bits per heavy atom. The second-order valence-corrected chi connectivity index (χ2v) is 7.04. The van der Waals surface area contributed by atoms with Gasteiger partial charge < -0.3 is 14.9 Å². The fraction of sp³-hybridized carbons (Fsp3) is 0.941. The number of likely N-dealkylation sites (tertiary alicyclic amines) is 1. The smallest absolute Gasteiger partial charge is 0.236 e. The molecule has 2 aliphatic rings. The maximum Gasteiger partial charge on any atom is 0.236 e. The van der Waals surface area contributed by atoms with Crippen molar-refractivity contribution in [2.45, 2.75) is 39.5 Å². The Balaban J connectivity index is 1.84. The molecule has 22 heavy (non-hydrogen) atoms. The van der Waals surface area contributed by atoms with Crippen molar-refractivity contribution in [3.05, 3.63) is 0 Å². The minimum Gasteiger partial charge on any atom is -0.396 e. The molecule has 0 aromatic rings. The Kier molecular flexibility index (Phi) is 6.66. The molecule has 2 rings (SSSR count). The summed E-state index contributed by atoms with van der Waals surface area (Å²) in [6, 6.07) is 0. The van der Waals surface area contributed by atoms with Crippen LogP contribution in [0.2, 0.25) is 0 Å². The molecule has 0 aliphatic carbocycles. The van der Waals surface area contributed by atoms with Crippen LogP contribution in [0.4, 0.5) is 0 Å². The summed E-state index contributed by atoms with van der Waals surface area (Å²) in [5.74, 6) is 0.249. The number of rotatable bonds is 6. The third-order valence-electron chi connectivity index (χ3n) is 5.40. The van der Waals surface area contributed by atoms with Gasteiger partial charge >= 0.3 is 0 Å². The molecule has 5 nitrogen and oxygen atoms in total. The summed E-state index contributed by atoms with van der Waals surface area (Å²) in [6.45, 7) is 11.9. The van der Waals surface area contributed by atoms with Crippen molar-refractivity contribution in [2.75, 3.05) is 59.0 Å². The van der Waals surface area contributed by atoms with E-state index in [0.29, 0.717) is 6.54 Å². The SMILES string of the molecule is CCC[C@@]1(CO)CCCN(C(=O)CN2CCN(CC)CC2)C1. The van der Waals surface area contributed by atoms with E-state index in [2.05, 4.69) is 23.6 Å². The molecule has 2 heterocycles. The van der Waals surface area contributed by atoms with E-state index in [0.717, 1.165) is 71.5 Å². The quantitative estimate of drug-likeness (QED) is 0.796. The van der Waals surface area contributed by atoms with Crippen molar-refractivity contribution in [3.63, 3.8) is 0 Å². The molecule has 128 valence electrons. The molecule has 0 saturated carbocycles. The zero-order valence-electron chi connectivity index (χ0n) is 14.4. The lowest BCUT2D eigenvalue weighted by Gasteiger charge is -2.43. The van der Waals surface area contributed by atoms with Gasteiger partial charge in [0.25, 0.3) is 0 Å². The summed E-state index contributed by atoms with van der Waals surface area (Å²) in [7, 11) is 0. The molecule has 0 unspecified atom stereocenters. The number of carbonyl (C=O) groups excluding carboxylic acids is 1. The van der Waals surface area contributed by atoms with Crippen LogP contribution in [0.5, 0.6) is 0 Å². The second-order valence-electron chi connectivity index (χ2n) is 7.04. The first-order valence-corrected chi connectivity index (χ1v) is 8.96. The lowest BCUT2D eigenvalue weighted by Crippen LogP contribution is -2.53. The molecular weight excluding hydrogens is 278 g/mol. The van der Waals surface area contributed by atoms with Crippen LogP contribution < -0.4 is 0 Å². The second kappa shape index (κ2) is 8.27. The van der Waals surface area contributed by atoms with Gasteiger partial charge in [-0.15, -0.1) is 0 Å². The summed E-state index contributed by atoms with van der Waals surface area (Å²) in [6.07, 6.45) is 4.16. The van der Waals surface area contributed by atoms with Crippen LogP contribution in [0.1, 0.15) is 39.5 Å². The van der Waals surface area contributed by atoms with Crippen LogP contribution >= 0.6 is 0 Å². The average molecular weight is 311 g/mol. The first kappa shape index (κ1) is 17.7. The first-order chi connectivity index (χ1) is 10.6. The van der Waals surface area contributed by atoms with E-state index < -0.39 is 0 Å². The molecule has 0 bridgehead atoms. The third-order valence-corrected chi connectivity index (χ3v) is 5.40. The van der Waals surface area contributed by atoms with Gasteiger partial charge in [-0.3, -0.25) is 9.69 Å². The van der Waals surface area contributed by atoms with Crippen LogP contribution in [0.15, 0.2) is 0 Å². The highest BCUT2D eigenvalue weighted by Gasteiger charge is 2.36. The van der Waals surface area contributed by atoms with Crippen LogP contribution in [-0.2, 0) is 4.79 Å². The molecule has 0 aromatic carbocycles. The Bertz CT molecular complexity index is 352. The number of aliphatic hydroxyl groups is 1. The predicted molar refractivity (Wildman–Crippen MR) is 88.8 cm³/mol. The Hall–Kier alpha value is -0.650. The standard InChI is InChI=1S/C17H33N3O2/c1-3-6-17(15-21)7-5-8-20(14-17)16(22)13-19-11-9-18(4-2)10-12-19/h21H,3-15H2,1-2H3/t17-/m1/s1. The number of piperazine rings is 1. The highest BCUT2D eigenvalue weighted by atomic mass is 16.3. The minimum atomic E-state index is -0.0520. The number of nitrogens with zero attached hydrogens (tertiary/aromatic N) is 3. The molecule has 2 aliphatic heterocycles. The summed E-state index contributed by atoms with van der Waals surface area (Å²) in [5.41, 5.74) is -0.0520. The molecule has 1 amide bonds. The predicted octanol–water partition coefficient (Wildman–Crippen LogP) is 1.03. The van der Waals surface area contributed by atoms with E-state index in [1.54, 1.807) is 0 Å². The van der Waals surface area contributed by atoms with Gasteiger partial charge in [0.15, 0.2) is 0 Å². The Morgan fingerprint density at radius 3 is 2.36 bits per heavy atom. The lowest BCUT2D eigenvalue weighted by atomic mass is 9.77. The molecule has 0 aromatic heterocycles. The van der Waals surface area contributed by atoms with Crippen LogP contribution in [0.3, 0.4) is 0 Å². The van der Waals surface area contributed by atoms with Crippen LogP contribution in [-0.4, -0.2) is 84.7 Å². The fourth-order valence-corrected chi connectivity index (χ4v) is 3.92. The maximum atomic E-state index is 12.6. The fourth-order valence-electron chi connectivity index (χ4n) is 3.92. The first-order valence-electron chi connectivity index (χ1n) is 8.96. The number of likely N-dealkylation sites (N-methyl/N-ethyl adjacent to an activating group) is 1. The van der Waals surface area contributed by atoms with Crippen LogP contribution in [0, 0.1) is 5.41 Å². The molecule has 1 atom stereocenters. The van der Waals surface area contributed by atoms with E-state index in [1.165, 1.54) is 0 Å². The summed E-state index contributed by atoms with van der Waals surface area (Å²) in [4.78, 5) is 19.3. The van der Waals surface area contributed by atoms with Gasteiger partial charge in [0, 0.05) is 44.7 Å². The van der Waals surface area contributed by atoms with Gasteiger partial charge in [-0.25, -0.2) is 0 Å². The van der Waals surface area contributed by atoms with Crippen molar-refractivity contribution in [1.82, 2.24) is 14.7 Å². The molecule has 2 fully saturated rings. The highest BCUT2D eigenvalue weighted by molar-refractivity contribution is 5.78. The zero-order valence-corrected chi connectivity index (χ0v) is 14.4. The van der Waals surface area contributed by atoms with E-state index in [9.17, 15) is 9.90 Å². The van der Waals surface area contributed by atoms with Crippen molar-refractivity contribution < 1.29 is 9.90 Å². The number of aliphatic hydroxyl groups excluding tert-OH is 1. The van der Waals surface area contributed by atoms with Crippen LogP contribution in [0.25, 0.3) is 0 Å². The van der Waals surface area contributed by atoms with Gasteiger partial charge in [0.05, 0.1) is 13.2 Å². The highest BCUT2D eigenvalue weighted by Crippen LogP contribution is 2.34. The van der Waals surface area contributed by atoms with E-state index in [1.807, 2.05) is 4.90 Å². The number of piperidine rings is 1. The van der Waals surface area contributed by atoms with E-state index >= 15 is 0 Å². The number of hydrogen-bond donors (Lipinski definition) is 1. The molecule has 0 spiro atoms. The average Bonchev–Trinajstić information content (AvgIpc) is 2.56. The van der Waals surface area contributed by atoms with Gasteiger partial charge in [-0.2, -0.15) is 0 Å². The van der Waals surface area contributed by atoms with Crippen molar-refractivity contribution >= 4 is 5.91 Å². The third kappa shape index (κ3) is 4.43. The van der Waals surface area contributed by atoms with E-state index in [4.69, 9.17) is 0 Å². The van der Waals surface area contributed by atoms with Gasteiger partial charge in [0.1, 0.15) is 0 Å². The van der Waals surface area contributed by atoms with Gasteiger partial charge in [-0.05, 0) is 25.8 Å². The summed E-state index contributed by atoms with van der Waals surface area (Å²) < 4.78 is 0. The maximum absolute atomic E-state index is 12.6. The topological polar surface area (TPSA) is 47.0 Å². The van der Waals surface area contributed by atoms with Gasteiger partial charge in [-0.1, -0.05) is 20.3 Å². The van der Waals surface area contributed by atoms with E-state index in [-0.39, 0.29) is 17.9 Å². The van der Waals surface area contributed by atoms with Crippen molar-refractivity contribution in [1.29, 1.82) is 0 Å². The molecule has 0 radical (unpaired) electrons. The number of carbonyl (C=O) groups is 1. The lowest BCUT2D eigenvalue weighted by molar-refractivity contribution is -0.137. The molecule has 1 N–H and O–H groups in total. The summed E-state index contributed by atoms with van der Waals surface area (Å²) in [5, 5.41) is 9.80. The zero-order chi connectivity index (χ0) is 16.0. The van der Waals surface area contributed by atoms with Crippen molar-refractivity contribution in [3.8, 4) is 0 Å². The molecule has 5 heteroatoms. The number of amides is 1. The van der Waals surface area contributed by atoms with Gasteiger partial charge in [0.2, 0.25) is 5.91 Å². The van der Waals surface area contributed by atoms with Crippen molar-refractivity contribution in [2.24, 2.45) is 5.41 Å².